The Morgan fingerprint density at radius 2 is 0.933 bits per heavy atom. The molecule has 0 amide bonds. The van der Waals surface area contributed by atoms with E-state index in [1.807, 2.05) is 0 Å². The fraction of sp³-hybridized carbons (Fsp3) is 0.581. The van der Waals surface area contributed by atoms with Crippen LogP contribution < -0.4 is 0 Å². The van der Waals surface area contributed by atoms with Crippen molar-refractivity contribution in [3.8, 4) is 11.8 Å². The van der Waals surface area contributed by atoms with Gasteiger partial charge in [-0.3, -0.25) is 0 Å². The van der Waals surface area contributed by atoms with Crippen molar-refractivity contribution in [1.82, 2.24) is 0 Å². The molecule has 2 aromatic rings. The molecule has 0 aliphatic carbocycles. The molecule has 0 aromatic heterocycles. The summed E-state index contributed by atoms with van der Waals surface area (Å²) in [5, 5.41) is 0. The Hall–Kier alpha value is -2.92. The van der Waals surface area contributed by atoms with Gasteiger partial charge in [0.1, 0.15) is 5.57 Å². The highest BCUT2D eigenvalue weighted by Gasteiger charge is 2.35. The van der Waals surface area contributed by atoms with Crippen LogP contribution in [0.5, 0.6) is 0 Å². The topological polar surface area (TPSA) is 25.3 Å². The first-order valence-corrected chi connectivity index (χ1v) is 18.7. The molecule has 1 aliphatic heterocycles. The van der Waals surface area contributed by atoms with E-state index in [9.17, 15) is 5.53 Å². The van der Waals surface area contributed by atoms with Gasteiger partial charge in [0.2, 0.25) is 11.4 Å². The van der Waals surface area contributed by atoms with Gasteiger partial charge in [-0.05, 0) is 91.5 Å². The number of nitrogens with zero attached hydrogens (tertiary/aromatic N) is 2. The summed E-state index contributed by atoms with van der Waals surface area (Å²) in [7, 11) is 0. The summed E-state index contributed by atoms with van der Waals surface area (Å²) in [6.45, 7) is 13.4. The Labute approximate surface area is 277 Å². The highest BCUT2D eigenvalue weighted by atomic mass is 15.2. The second-order valence-corrected chi connectivity index (χ2v) is 13.0. The lowest BCUT2D eigenvalue weighted by atomic mass is 9.92. The molecular formula is C43H62N2. The Morgan fingerprint density at radius 1 is 0.511 bits per heavy atom. The zero-order chi connectivity index (χ0) is 32.4. The van der Waals surface area contributed by atoms with E-state index in [0.717, 1.165) is 79.5 Å². The van der Waals surface area contributed by atoms with E-state index >= 15 is 0 Å². The summed E-state index contributed by atoms with van der Waals surface area (Å²) in [5.74, 6) is 7.28. The predicted molar refractivity (Wildman–Crippen MR) is 196 cm³/mol. The van der Waals surface area contributed by atoms with Crippen LogP contribution in [0.1, 0.15) is 171 Å². The molecule has 1 aliphatic rings. The molecule has 1 heterocycles. The molecule has 2 heteroatoms. The highest BCUT2D eigenvalue weighted by molar-refractivity contribution is 5.86. The summed E-state index contributed by atoms with van der Waals surface area (Å²) in [6, 6.07) is 13.8. The Kier molecular flexibility index (Phi) is 16.4. The molecule has 0 saturated heterocycles. The Balaban J connectivity index is 2.08. The second kappa shape index (κ2) is 20.3. The molecule has 0 spiro atoms. The van der Waals surface area contributed by atoms with Crippen LogP contribution >= 0.6 is 0 Å². The van der Waals surface area contributed by atoms with Gasteiger partial charge in [0.25, 0.3) is 0 Å². The average molecular weight is 607 g/mol. The number of aryl methyl sites for hydroxylation is 4. The minimum absolute atomic E-state index is 0.878. The van der Waals surface area contributed by atoms with Crippen LogP contribution in [0.15, 0.2) is 47.5 Å². The summed E-state index contributed by atoms with van der Waals surface area (Å²) in [4.78, 5) is 0. The van der Waals surface area contributed by atoms with E-state index < -0.39 is 0 Å². The Bertz CT molecular complexity index is 1320. The third kappa shape index (κ3) is 10.8. The Morgan fingerprint density at radius 3 is 1.40 bits per heavy atom. The van der Waals surface area contributed by atoms with E-state index in [1.54, 1.807) is 0 Å². The van der Waals surface area contributed by atoms with Crippen LogP contribution in [0.2, 0.25) is 0 Å². The minimum atomic E-state index is 0.878. The molecule has 0 N–H and O–H groups in total. The van der Waals surface area contributed by atoms with E-state index in [4.69, 9.17) is 0 Å². The van der Waals surface area contributed by atoms with Crippen LogP contribution in [0.3, 0.4) is 0 Å². The molecule has 244 valence electrons. The molecule has 0 saturated carbocycles. The van der Waals surface area contributed by atoms with Crippen LogP contribution in [-0.4, -0.2) is 4.70 Å². The normalized spacial score (nSPS) is 13.2. The molecule has 2 nitrogen and oxygen atoms in total. The van der Waals surface area contributed by atoms with Gasteiger partial charge in [0.15, 0.2) is 0 Å². The molecule has 0 fully saturated rings. The lowest BCUT2D eigenvalue weighted by Gasteiger charge is -2.13. The van der Waals surface area contributed by atoms with Gasteiger partial charge in [-0.15, -0.1) is 0 Å². The van der Waals surface area contributed by atoms with Crippen molar-refractivity contribution in [3.63, 3.8) is 0 Å². The maximum atomic E-state index is 12.2. The second-order valence-electron chi connectivity index (χ2n) is 13.0. The molecule has 45 heavy (non-hydrogen) atoms. The van der Waals surface area contributed by atoms with E-state index in [0.29, 0.717) is 0 Å². The first kappa shape index (κ1) is 36.5. The molecule has 0 radical (unpaired) electrons. The quantitative estimate of drug-likeness (QED) is 0.0814. The molecular weight excluding hydrogens is 544 g/mol. The van der Waals surface area contributed by atoms with Crippen LogP contribution in [-0.2, 0) is 25.7 Å². The zero-order valence-corrected chi connectivity index (χ0v) is 29.8. The molecule has 0 atom stereocenters. The number of hydrogen-bond acceptors (Lipinski definition) is 0. The molecule has 0 bridgehead atoms. The lowest BCUT2D eigenvalue weighted by Crippen LogP contribution is -2.05. The summed E-state index contributed by atoms with van der Waals surface area (Å²) in [5.41, 5.74) is 23.8. The fourth-order valence-corrected chi connectivity index (χ4v) is 6.57. The van der Waals surface area contributed by atoms with Crippen molar-refractivity contribution in [3.05, 3.63) is 86.5 Å². The number of unbranched alkanes of at least 4 members (excludes halogenated alkanes) is 12. The van der Waals surface area contributed by atoms with Crippen molar-refractivity contribution in [2.45, 2.75) is 164 Å². The SMILES string of the molecule is CCCCCCCCCC#CC1=C(c2cc(CC)cc(CC)c2)[N+](=[N-])C(c2cc(CC)cc(CC)c2)=C1CCCCCCCC. The van der Waals surface area contributed by atoms with Crippen LogP contribution in [0.25, 0.3) is 16.9 Å². The van der Waals surface area contributed by atoms with Gasteiger partial charge in [0, 0.05) is 23.1 Å². The third-order valence-corrected chi connectivity index (χ3v) is 9.43. The zero-order valence-electron chi connectivity index (χ0n) is 29.8. The van der Waals surface area contributed by atoms with Crippen molar-refractivity contribution in [2.75, 3.05) is 0 Å². The van der Waals surface area contributed by atoms with Gasteiger partial charge in [-0.2, -0.15) is 0 Å². The fourth-order valence-electron chi connectivity index (χ4n) is 6.57. The van der Waals surface area contributed by atoms with Gasteiger partial charge in [0.05, 0.1) is 0 Å². The van der Waals surface area contributed by atoms with Gasteiger partial charge >= 0.3 is 0 Å². The smallest absolute Gasteiger partial charge is 0.223 e. The van der Waals surface area contributed by atoms with Gasteiger partial charge < -0.3 is 5.53 Å². The molecule has 3 rings (SSSR count). The summed E-state index contributed by atoms with van der Waals surface area (Å²) in [6.07, 6.45) is 22.3. The average Bonchev–Trinajstić information content (AvgIpc) is 3.35. The van der Waals surface area contributed by atoms with Crippen LogP contribution in [0.4, 0.5) is 0 Å². The van der Waals surface area contributed by atoms with E-state index in [1.165, 1.54) is 103 Å². The van der Waals surface area contributed by atoms with Gasteiger partial charge in [-0.25, -0.2) is 4.70 Å². The highest BCUT2D eigenvalue weighted by Crippen LogP contribution is 2.43. The predicted octanol–water partition coefficient (Wildman–Crippen LogP) is 13.0. The molecule has 0 unspecified atom stereocenters. The van der Waals surface area contributed by atoms with Crippen LogP contribution in [0, 0.1) is 11.8 Å². The van der Waals surface area contributed by atoms with E-state index in [2.05, 4.69) is 89.8 Å². The van der Waals surface area contributed by atoms with Crippen molar-refractivity contribution < 1.29 is 4.70 Å². The van der Waals surface area contributed by atoms with Crippen molar-refractivity contribution in [1.29, 1.82) is 0 Å². The monoisotopic (exact) mass is 606 g/mol. The maximum absolute atomic E-state index is 12.2. The third-order valence-electron chi connectivity index (χ3n) is 9.43. The number of allylic oxidation sites excluding steroid dienone is 2. The van der Waals surface area contributed by atoms with Gasteiger partial charge in [-0.1, -0.05) is 136 Å². The molecule has 2 aromatic carbocycles. The maximum Gasteiger partial charge on any atom is 0.223 e. The summed E-state index contributed by atoms with van der Waals surface area (Å²) >= 11 is 0. The first-order valence-electron chi connectivity index (χ1n) is 18.7. The first-order chi connectivity index (χ1) is 22.0. The lowest BCUT2D eigenvalue weighted by molar-refractivity contribution is -0.345. The van der Waals surface area contributed by atoms with E-state index in [-0.39, 0.29) is 0 Å². The largest absolute Gasteiger partial charge is 0.493 e. The number of hydrogen-bond donors (Lipinski definition) is 0. The summed E-state index contributed by atoms with van der Waals surface area (Å²) < 4.78 is 1.52. The minimum Gasteiger partial charge on any atom is -0.493 e. The van der Waals surface area contributed by atoms with Crippen molar-refractivity contribution >= 4 is 11.4 Å². The standard InChI is InChI=1S/C43H62N2/c1-7-13-15-17-19-20-21-23-25-27-41-40(26-24-22-18-16-14-8-2)42(38-30-34(9-3)28-35(10-4)31-38)45(44)43(41)39-32-36(11-5)29-37(12-6)33-39/h28-33H,7-24,26H2,1-6H3. The number of benzene rings is 2. The number of rotatable bonds is 20. The van der Waals surface area contributed by atoms with Crippen molar-refractivity contribution in [2.24, 2.45) is 0 Å².